The fraction of sp³-hybridized carbons (Fsp3) is 0.667. The molecule has 9 nitrogen and oxygen atoms in total. The molecule has 0 rings (SSSR count). The summed E-state index contributed by atoms with van der Waals surface area (Å²) < 4.78 is 14.8. The molecule has 154 valence electrons. The summed E-state index contributed by atoms with van der Waals surface area (Å²) in [7, 11) is 1.20. The lowest BCUT2D eigenvalue weighted by atomic mass is 10.1. The molecule has 1 atom stereocenters. The Morgan fingerprint density at radius 3 is 1.96 bits per heavy atom. The van der Waals surface area contributed by atoms with E-state index in [0.717, 1.165) is 6.08 Å². The number of methoxy groups -OCH3 is 1. The lowest BCUT2D eigenvalue weighted by molar-refractivity contribution is -0.155. The van der Waals surface area contributed by atoms with Crippen LogP contribution in [-0.4, -0.2) is 54.8 Å². The summed E-state index contributed by atoms with van der Waals surface area (Å²) in [6, 6.07) is -0.835. The Morgan fingerprint density at radius 1 is 0.926 bits per heavy atom. The van der Waals surface area contributed by atoms with Crippen molar-refractivity contribution in [1.29, 1.82) is 0 Å². The molecule has 0 radical (unpaired) electrons. The fourth-order valence-corrected chi connectivity index (χ4v) is 1.68. The van der Waals surface area contributed by atoms with E-state index in [4.69, 9.17) is 9.47 Å². The van der Waals surface area contributed by atoms with Crippen LogP contribution < -0.4 is 10.6 Å². The molecule has 0 saturated carbocycles. The normalized spacial score (nSPS) is 12.9. The van der Waals surface area contributed by atoms with Gasteiger partial charge in [-0.3, -0.25) is 14.4 Å². The number of rotatable bonds is 7. The molecule has 0 saturated heterocycles. The van der Waals surface area contributed by atoms with Gasteiger partial charge >= 0.3 is 18.0 Å². The Morgan fingerprint density at radius 2 is 1.48 bits per heavy atom. The van der Waals surface area contributed by atoms with Crippen LogP contribution in [0.5, 0.6) is 0 Å². The minimum absolute atomic E-state index is 0.197. The molecule has 0 aliphatic rings. The Kier molecular flexibility index (Phi) is 9.53. The summed E-state index contributed by atoms with van der Waals surface area (Å²) in [4.78, 5) is 46.7. The lowest BCUT2D eigenvalue weighted by Gasteiger charge is -2.23. The molecule has 0 heterocycles. The molecule has 0 aliphatic carbocycles. The number of alkyl carbamates (subject to hydrolysis) is 1. The minimum atomic E-state index is -0.835. The second-order valence-electron chi connectivity index (χ2n) is 7.70. The van der Waals surface area contributed by atoms with E-state index < -0.39 is 41.2 Å². The highest BCUT2D eigenvalue weighted by molar-refractivity contribution is 5.90. The van der Waals surface area contributed by atoms with Crippen molar-refractivity contribution in [3.8, 4) is 0 Å². The molecule has 0 aromatic rings. The third-order valence-electron chi connectivity index (χ3n) is 2.62. The van der Waals surface area contributed by atoms with Crippen molar-refractivity contribution < 1.29 is 33.4 Å². The standard InChI is InChI=1S/C18H30N2O7/c1-17(2,3)26-14(22)10-12(20-16(24)27-18(4,5)6)8-9-13(21)19-11-15(23)25-7/h8-9,12H,10-11H2,1-7H3,(H,19,21)(H,20,24)/b9-8+. The van der Waals surface area contributed by atoms with Gasteiger partial charge in [-0.05, 0) is 41.5 Å². The van der Waals surface area contributed by atoms with Crippen molar-refractivity contribution in [1.82, 2.24) is 10.6 Å². The number of hydrogen-bond donors (Lipinski definition) is 2. The first-order valence-electron chi connectivity index (χ1n) is 8.46. The number of amides is 2. The predicted octanol–water partition coefficient (Wildman–Crippen LogP) is 1.46. The van der Waals surface area contributed by atoms with E-state index in [1.165, 1.54) is 13.2 Å². The van der Waals surface area contributed by atoms with Crippen LogP contribution in [0, 0.1) is 0 Å². The van der Waals surface area contributed by atoms with Gasteiger partial charge in [0.1, 0.15) is 17.7 Å². The van der Waals surface area contributed by atoms with E-state index in [1.54, 1.807) is 41.5 Å². The van der Waals surface area contributed by atoms with Gasteiger partial charge in [-0.1, -0.05) is 6.08 Å². The average Bonchev–Trinajstić information content (AvgIpc) is 2.46. The van der Waals surface area contributed by atoms with Crippen LogP contribution in [0.15, 0.2) is 12.2 Å². The molecule has 1 unspecified atom stereocenters. The maximum atomic E-state index is 12.0. The van der Waals surface area contributed by atoms with Gasteiger partial charge in [-0.2, -0.15) is 0 Å². The van der Waals surface area contributed by atoms with Crippen LogP contribution in [-0.2, 0) is 28.6 Å². The smallest absolute Gasteiger partial charge is 0.408 e. The maximum Gasteiger partial charge on any atom is 0.408 e. The van der Waals surface area contributed by atoms with Crippen molar-refractivity contribution in [2.24, 2.45) is 0 Å². The zero-order valence-corrected chi connectivity index (χ0v) is 17.0. The number of nitrogens with one attached hydrogen (secondary N) is 2. The van der Waals surface area contributed by atoms with Crippen LogP contribution in [0.1, 0.15) is 48.0 Å². The van der Waals surface area contributed by atoms with E-state index in [1.807, 2.05) is 0 Å². The first-order valence-corrected chi connectivity index (χ1v) is 8.46. The molecule has 9 heteroatoms. The molecular formula is C18H30N2O7. The largest absolute Gasteiger partial charge is 0.468 e. The highest BCUT2D eigenvalue weighted by Crippen LogP contribution is 2.11. The molecule has 0 bridgehead atoms. The fourth-order valence-electron chi connectivity index (χ4n) is 1.68. The summed E-state index contributed by atoms with van der Waals surface area (Å²) in [6.07, 6.45) is 1.49. The second kappa shape index (κ2) is 10.5. The molecule has 27 heavy (non-hydrogen) atoms. The summed E-state index contributed by atoms with van der Waals surface area (Å²) in [5.41, 5.74) is -1.41. The van der Waals surface area contributed by atoms with Gasteiger partial charge < -0.3 is 24.8 Å². The van der Waals surface area contributed by atoms with Crippen LogP contribution in [0.2, 0.25) is 0 Å². The van der Waals surface area contributed by atoms with Crippen molar-refractivity contribution in [2.45, 2.75) is 65.2 Å². The van der Waals surface area contributed by atoms with Crippen molar-refractivity contribution >= 4 is 23.9 Å². The molecule has 0 aromatic carbocycles. The summed E-state index contributed by atoms with van der Waals surface area (Å²) in [5, 5.41) is 4.81. The molecule has 2 amide bonds. The number of carbonyl (C=O) groups excluding carboxylic acids is 4. The number of ether oxygens (including phenoxy) is 3. The number of hydrogen-bond acceptors (Lipinski definition) is 7. The third kappa shape index (κ3) is 14.3. The van der Waals surface area contributed by atoms with E-state index in [-0.39, 0.29) is 13.0 Å². The van der Waals surface area contributed by atoms with Gasteiger partial charge in [0.05, 0.1) is 19.6 Å². The molecule has 0 fully saturated rings. The van der Waals surface area contributed by atoms with Crippen LogP contribution in [0.25, 0.3) is 0 Å². The SMILES string of the molecule is COC(=O)CNC(=O)/C=C/C(CC(=O)OC(C)(C)C)NC(=O)OC(C)(C)C. The highest BCUT2D eigenvalue weighted by atomic mass is 16.6. The Hall–Kier alpha value is -2.58. The van der Waals surface area contributed by atoms with Gasteiger partial charge in [0.15, 0.2) is 0 Å². The molecule has 0 aliphatic heterocycles. The summed E-state index contributed by atoms with van der Waals surface area (Å²) in [5.74, 6) is -1.74. The zero-order chi connectivity index (χ0) is 21.3. The van der Waals surface area contributed by atoms with Crippen LogP contribution >= 0.6 is 0 Å². The lowest BCUT2D eigenvalue weighted by Crippen LogP contribution is -2.40. The highest BCUT2D eigenvalue weighted by Gasteiger charge is 2.23. The topological polar surface area (TPSA) is 120 Å². The third-order valence-corrected chi connectivity index (χ3v) is 2.62. The van der Waals surface area contributed by atoms with Crippen LogP contribution in [0.3, 0.4) is 0 Å². The summed E-state index contributed by atoms with van der Waals surface area (Å²) >= 11 is 0. The average molecular weight is 386 g/mol. The maximum absolute atomic E-state index is 12.0. The number of carbonyl (C=O) groups is 4. The molecule has 2 N–H and O–H groups in total. The van der Waals surface area contributed by atoms with Gasteiger partial charge in [0.2, 0.25) is 5.91 Å². The van der Waals surface area contributed by atoms with Gasteiger partial charge in [0, 0.05) is 6.08 Å². The van der Waals surface area contributed by atoms with Crippen molar-refractivity contribution in [3.05, 3.63) is 12.2 Å². The van der Waals surface area contributed by atoms with Crippen LogP contribution in [0.4, 0.5) is 4.79 Å². The van der Waals surface area contributed by atoms with Gasteiger partial charge in [-0.25, -0.2) is 4.79 Å². The minimum Gasteiger partial charge on any atom is -0.468 e. The second-order valence-corrected chi connectivity index (χ2v) is 7.70. The number of esters is 2. The first-order chi connectivity index (χ1) is 12.2. The monoisotopic (exact) mass is 386 g/mol. The summed E-state index contributed by atoms with van der Waals surface area (Å²) in [6.45, 7) is 9.96. The molecule has 0 spiro atoms. The quantitative estimate of drug-likeness (QED) is 0.386. The van der Waals surface area contributed by atoms with E-state index in [0.29, 0.717) is 0 Å². The van der Waals surface area contributed by atoms with E-state index >= 15 is 0 Å². The Bertz CT molecular complexity index is 541. The zero-order valence-electron chi connectivity index (χ0n) is 17.0. The molecule has 0 aromatic heterocycles. The van der Waals surface area contributed by atoms with Crippen molar-refractivity contribution in [3.63, 3.8) is 0 Å². The van der Waals surface area contributed by atoms with Crippen molar-refractivity contribution in [2.75, 3.05) is 13.7 Å². The van der Waals surface area contributed by atoms with E-state index in [2.05, 4.69) is 15.4 Å². The van der Waals surface area contributed by atoms with Gasteiger partial charge in [-0.15, -0.1) is 0 Å². The van der Waals surface area contributed by atoms with Gasteiger partial charge in [0.25, 0.3) is 0 Å². The first kappa shape index (κ1) is 24.4. The predicted molar refractivity (Wildman–Crippen MR) is 97.8 cm³/mol. The Labute approximate surface area is 159 Å². The van der Waals surface area contributed by atoms with E-state index in [9.17, 15) is 19.2 Å². The molecular weight excluding hydrogens is 356 g/mol. The Balaban J connectivity index is 4.97.